The first-order valence-corrected chi connectivity index (χ1v) is 7.59. The lowest BCUT2D eigenvalue weighted by Gasteiger charge is -2.26. The van der Waals surface area contributed by atoms with Gasteiger partial charge in [0.25, 0.3) is 0 Å². The first-order chi connectivity index (χ1) is 8.84. The first kappa shape index (κ1) is 18.4. The molecule has 0 aromatic rings. The molecule has 0 aliphatic heterocycles. The van der Waals surface area contributed by atoms with Gasteiger partial charge in [0.05, 0.1) is 6.54 Å². The molecule has 19 heavy (non-hydrogen) atoms. The maximum absolute atomic E-state index is 12.1. The van der Waals surface area contributed by atoms with Crippen molar-refractivity contribution in [2.24, 2.45) is 0 Å². The second-order valence-electron chi connectivity index (χ2n) is 5.96. The summed E-state index contributed by atoms with van der Waals surface area (Å²) in [4.78, 5) is 16.4. The van der Waals surface area contributed by atoms with Crippen LogP contribution >= 0.6 is 0 Å². The third-order valence-corrected chi connectivity index (χ3v) is 3.30. The molecular weight excluding hydrogens is 238 g/mol. The first-order valence-electron chi connectivity index (χ1n) is 7.59. The Morgan fingerprint density at radius 2 is 1.58 bits per heavy atom. The second-order valence-corrected chi connectivity index (χ2v) is 5.96. The van der Waals surface area contributed by atoms with Crippen LogP contribution in [0, 0.1) is 0 Å². The fourth-order valence-electron chi connectivity index (χ4n) is 1.94. The Labute approximate surface area is 119 Å². The molecule has 0 aliphatic carbocycles. The number of hydrogen-bond acceptors (Lipinski definition) is 3. The van der Waals surface area contributed by atoms with E-state index in [0.29, 0.717) is 6.54 Å². The Morgan fingerprint density at radius 3 is 2.00 bits per heavy atom. The van der Waals surface area contributed by atoms with Crippen LogP contribution in [0.2, 0.25) is 0 Å². The minimum absolute atomic E-state index is 0.00368. The largest absolute Gasteiger partial charge is 0.342 e. The summed E-state index contributed by atoms with van der Waals surface area (Å²) < 4.78 is 0. The van der Waals surface area contributed by atoms with Gasteiger partial charge in [-0.1, -0.05) is 13.8 Å². The summed E-state index contributed by atoms with van der Waals surface area (Å²) in [7, 11) is 0. The number of likely N-dealkylation sites (N-methyl/N-ethyl adjacent to an activating group) is 1. The summed E-state index contributed by atoms with van der Waals surface area (Å²) >= 11 is 0. The highest BCUT2D eigenvalue weighted by Gasteiger charge is 2.15. The summed E-state index contributed by atoms with van der Waals surface area (Å²) in [6, 6.07) is 0. The number of nitrogens with one attached hydrogen (secondary N) is 1. The van der Waals surface area contributed by atoms with E-state index in [4.69, 9.17) is 0 Å². The molecule has 0 spiro atoms. The molecule has 0 aliphatic rings. The van der Waals surface area contributed by atoms with E-state index in [2.05, 4.69) is 44.8 Å². The van der Waals surface area contributed by atoms with Crippen molar-refractivity contribution < 1.29 is 4.79 Å². The molecule has 0 atom stereocenters. The summed E-state index contributed by atoms with van der Waals surface area (Å²) in [5.74, 6) is 0.206. The van der Waals surface area contributed by atoms with E-state index >= 15 is 0 Å². The van der Waals surface area contributed by atoms with Crippen LogP contribution in [0.5, 0.6) is 0 Å². The number of nitrogens with zero attached hydrogens (tertiary/aromatic N) is 2. The smallest absolute Gasteiger partial charge is 0.236 e. The van der Waals surface area contributed by atoms with Crippen molar-refractivity contribution in [1.29, 1.82) is 0 Å². The van der Waals surface area contributed by atoms with Gasteiger partial charge in [0.2, 0.25) is 5.91 Å². The third-order valence-electron chi connectivity index (χ3n) is 3.30. The molecule has 0 saturated carbocycles. The summed E-state index contributed by atoms with van der Waals surface area (Å²) in [5, 5.41) is 3.26. The zero-order chi connectivity index (χ0) is 14.9. The van der Waals surface area contributed by atoms with Gasteiger partial charge in [-0.3, -0.25) is 4.79 Å². The highest BCUT2D eigenvalue weighted by molar-refractivity contribution is 5.78. The lowest BCUT2D eigenvalue weighted by molar-refractivity contribution is -0.130. The van der Waals surface area contributed by atoms with Gasteiger partial charge in [0, 0.05) is 18.6 Å². The van der Waals surface area contributed by atoms with E-state index in [0.717, 1.165) is 39.1 Å². The molecule has 0 heterocycles. The number of carbonyl (C=O) groups excluding carboxylic acids is 1. The SMILES string of the molecule is CCN(CC)CCCN(CC)C(=O)CNC(C)(C)C. The van der Waals surface area contributed by atoms with Gasteiger partial charge in [0.1, 0.15) is 0 Å². The van der Waals surface area contributed by atoms with E-state index in [1.807, 2.05) is 11.8 Å². The molecule has 0 fully saturated rings. The summed E-state index contributed by atoms with van der Waals surface area (Å²) in [5.41, 5.74) is -0.00368. The van der Waals surface area contributed by atoms with Gasteiger partial charge in [-0.05, 0) is 53.8 Å². The van der Waals surface area contributed by atoms with Crippen molar-refractivity contribution in [2.45, 2.75) is 53.5 Å². The van der Waals surface area contributed by atoms with Gasteiger partial charge < -0.3 is 15.1 Å². The van der Waals surface area contributed by atoms with Crippen LogP contribution in [0.3, 0.4) is 0 Å². The molecule has 0 aromatic heterocycles. The average Bonchev–Trinajstić information content (AvgIpc) is 2.35. The van der Waals surface area contributed by atoms with Crippen LogP contribution in [-0.2, 0) is 4.79 Å². The molecular formula is C15H33N3O. The maximum Gasteiger partial charge on any atom is 0.236 e. The van der Waals surface area contributed by atoms with Crippen molar-refractivity contribution in [3.8, 4) is 0 Å². The molecule has 0 radical (unpaired) electrons. The normalized spacial score (nSPS) is 11.9. The van der Waals surface area contributed by atoms with Gasteiger partial charge in [-0.25, -0.2) is 0 Å². The Morgan fingerprint density at radius 1 is 1.00 bits per heavy atom. The molecule has 0 unspecified atom stereocenters. The predicted molar refractivity (Wildman–Crippen MR) is 82.4 cm³/mol. The lowest BCUT2D eigenvalue weighted by Crippen LogP contribution is -2.45. The van der Waals surface area contributed by atoms with Crippen molar-refractivity contribution in [2.75, 3.05) is 39.3 Å². The molecule has 0 saturated heterocycles. The maximum atomic E-state index is 12.1. The highest BCUT2D eigenvalue weighted by atomic mass is 16.2. The molecule has 4 nitrogen and oxygen atoms in total. The minimum Gasteiger partial charge on any atom is -0.342 e. The van der Waals surface area contributed by atoms with Crippen molar-refractivity contribution in [1.82, 2.24) is 15.1 Å². The van der Waals surface area contributed by atoms with Crippen LogP contribution in [0.1, 0.15) is 48.0 Å². The predicted octanol–water partition coefficient (Wildman–Crippen LogP) is 1.95. The van der Waals surface area contributed by atoms with E-state index < -0.39 is 0 Å². The Balaban J connectivity index is 4.02. The van der Waals surface area contributed by atoms with E-state index in [-0.39, 0.29) is 11.4 Å². The fraction of sp³-hybridized carbons (Fsp3) is 0.933. The Hall–Kier alpha value is -0.610. The molecule has 114 valence electrons. The van der Waals surface area contributed by atoms with Crippen molar-refractivity contribution >= 4 is 5.91 Å². The van der Waals surface area contributed by atoms with Crippen LogP contribution in [0.15, 0.2) is 0 Å². The summed E-state index contributed by atoms with van der Waals surface area (Å²) in [6.07, 6.45) is 1.05. The van der Waals surface area contributed by atoms with E-state index in [9.17, 15) is 4.79 Å². The lowest BCUT2D eigenvalue weighted by atomic mass is 10.1. The van der Waals surface area contributed by atoms with Gasteiger partial charge in [-0.15, -0.1) is 0 Å². The van der Waals surface area contributed by atoms with E-state index in [1.165, 1.54) is 0 Å². The fourth-order valence-corrected chi connectivity index (χ4v) is 1.94. The van der Waals surface area contributed by atoms with Crippen LogP contribution in [-0.4, -0.2) is 60.5 Å². The Kier molecular flexibility index (Phi) is 9.02. The highest BCUT2D eigenvalue weighted by Crippen LogP contribution is 2.00. The zero-order valence-electron chi connectivity index (χ0n) is 13.8. The monoisotopic (exact) mass is 271 g/mol. The average molecular weight is 271 g/mol. The quantitative estimate of drug-likeness (QED) is 0.696. The minimum atomic E-state index is -0.00368. The van der Waals surface area contributed by atoms with Gasteiger partial charge in [-0.2, -0.15) is 0 Å². The number of carbonyl (C=O) groups is 1. The topological polar surface area (TPSA) is 35.6 Å². The zero-order valence-corrected chi connectivity index (χ0v) is 13.8. The van der Waals surface area contributed by atoms with Gasteiger partial charge in [0.15, 0.2) is 0 Å². The van der Waals surface area contributed by atoms with Crippen LogP contribution < -0.4 is 5.32 Å². The number of hydrogen-bond donors (Lipinski definition) is 1. The molecule has 0 rings (SSSR count). The molecule has 0 bridgehead atoms. The van der Waals surface area contributed by atoms with E-state index in [1.54, 1.807) is 0 Å². The molecule has 0 aromatic carbocycles. The standard InChI is InChI=1S/C15H33N3O/c1-7-17(8-2)11-10-12-18(9-3)14(19)13-16-15(4,5)6/h16H,7-13H2,1-6H3. The van der Waals surface area contributed by atoms with Crippen molar-refractivity contribution in [3.63, 3.8) is 0 Å². The second kappa shape index (κ2) is 9.32. The molecule has 1 amide bonds. The van der Waals surface area contributed by atoms with Crippen molar-refractivity contribution in [3.05, 3.63) is 0 Å². The summed E-state index contributed by atoms with van der Waals surface area (Å²) in [6.45, 7) is 18.0. The number of rotatable bonds is 9. The third kappa shape index (κ3) is 9.00. The van der Waals surface area contributed by atoms with Crippen LogP contribution in [0.25, 0.3) is 0 Å². The van der Waals surface area contributed by atoms with Gasteiger partial charge >= 0.3 is 0 Å². The number of amides is 1. The molecule has 1 N–H and O–H groups in total. The molecule has 4 heteroatoms. The Bertz CT molecular complexity index is 244. The van der Waals surface area contributed by atoms with Crippen LogP contribution in [0.4, 0.5) is 0 Å².